The molecule has 2 amide bonds. The summed E-state index contributed by atoms with van der Waals surface area (Å²) in [7, 11) is 0. The Balaban J connectivity index is 2.01. The summed E-state index contributed by atoms with van der Waals surface area (Å²) in [5.41, 5.74) is 0.118. The molecular formula is C14H16N2O4. The molecule has 0 unspecified atom stereocenters. The Morgan fingerprint density at radius 1 is 1.35 bits per heavy atom. The highest BCUT2D eigenvalue weighted by molar-refractivity contribution is 6.00. The lowest BCUT2D eigenvalue weighted by atomic mass is 10.1. The van der Waals surface area contributed by atoms with Gasteiger partial charge in [-0.05, 0) is 25.5 Å². The molecule has 0 saturated carbocycles. The van der Waals surface area contributed by atoms with Crippen molar-refractivity contribution in [1.82, 2.24) is 10.2 Å². The molecule has 0 atom stereocenters. The molecule has 0 saturated heterocycles. The Morgan fingerprint density at radius 2 is 2.00 bits per heavy atom. The molecule has 6 heteroatoms. The monoisotopic (exact) mass is 276 g/mol. The second kappa shape index (κ2) is 4.96. The lowest BCUT2D eigenvalue weighted by Crippen LogP contribution is -2.52. The van der Waals surface area contributed by atoms with Crippen molar-refractivity contribution in [2.24, 2.45) is 0 Å². The van der Waals surface area contributed by atoms with E-state index >= 15 is 0 Å². The van der Waals surface area contributed by atoms with Gasteiger partial charge in [0.05, 0.1) is 0 Å². The van der Waals surface area contributed by atoms with Gasteiger partial charge >= 0.3 is 5.97 Å². The van der Waals surface area contributed by atoms with Crippen LogP contribution in [0.3, 0.4) is 0 Å². The Kier molecular flexibility index (Phi) is 3.48. The van der Waals surface area contributed by atoms with Crippen molar-refractivity contribution in [2.45, 2.75) is 25.9 Å². The molecule has 0 aromatic heterocycles. The van der Waals surface area contributed by atoms with Gasteiger partial charge in [-0.1, -0.05) is 18.2 Å². The van der Waals surface area contributed by atoms with Gasteiger partial charge in [-0.25, -0.2) is 4.79 Å². The number of carbonyl (C=O) groups is 3. The SMILES string of the molecule is CC(C)(NC(=O)CN1Cc2ccccc2C1=O)C(=O)O. The van der Waals surface area contributed by atoms with E-state index in [1.165, 1.54) is 18.7 Å². The van der Waals surface area contributed by atoms with Crippen LogP contribution in [0.15, 0.2) is 24.3 Å². The number of rotatable bonds is 4. The fourth-order valence-electron chi connectivity index (χ4n) is 2.06. The predicted octanol–water partition coefficient (Wildman–Crippen LogP) is 0.622. The zero-order valence-corrected chi connectivity index (χ0v) is 11.3. The molecule has 6 nitrogen and oxygen atoms in total. The van der Waals surface area contributed by atoms with E-state index in [-0.39, 0.29) is 12.5 Å². The van der Waals surface area contributed by atoms with Gasteiger partial charge in [-0.15, -0.1) is 0 Å². The molecule has 20 heavy (non-hydrogen) atoms. The van der Waals surface area contributed by atoms with E-state index in [0.29, 0.717) is 12.1 Å². The fraction of sp³-hybridized carbons (Fsp3) is 0.357. The number of amides is 2. The molecule has 0 aliphatic carbocycles. The highest BCUT2D eigenvalue weighted by Crippen LogP contribution is 2.21. The van der Waals surface area contributed by atoms with Crippen molar-refractivity contribution in [3.63, 3.8) is 0 Å². The maximum atomic E-state index is 12.1. The lowest BCUT2D eigenvalue weighted by Gasteiger charge is -2.23. The van der Waals surface area contributed by atoms with Crippen molar-refractivity contribution in [2.75, 3.05) is 6.54 Å². The van der Waals surface area contributed by atoms with Gasteiger partial charge in [-0.2, -0.15) is 0 Å². The number of carboxylic acid groups (broad SMARTS) is 1. The molecule has 1 heterocycles. The Hall–Kier alpha value is -2.37. The largest absolute Gasteiger partial charge is 0.480 e. The third-order valence-corrected chi connectivity index (χ3v) is 3.22. The highest BCUT2D eigenvalue weighted by Gasteiger charge is 2.32. The van der Waals surface area contributed by atoms with E-state index in [0.717, 1.165) is 5.56 Å². The summed E-state index contributed by atoms with van der Waals surface area (Å²) >= 11 is 0. The minimum Gasteiger partial charge on any atom is -0.480 e. The molecule has 0 spiro atoms. The summed E-state index contributed by atoms with van der Waals surface area (Å²) in [6.07, 6.45) is 0. The summed E-state index contributed by atoms with van der Waals surface area (Å²) < 4.78 is 0. The van der Waals surface area contributed by atoms with Crippen LogP contribution in [0.25, 0.3) is 0 Å². The second-order valence-corrected chi connectivity index (χ2v) is 5.30. The number of nitrogens with one attached hydrogen (secondary N) is 1. The molecule has 2 rings (SSSR count). The summed E-state index contributed by atoms with van der Waals surface area (Å²) in [6.45, 7) is 3.02. The summed E-state index contributed by atoms with van der Waals surface area (Å²) in [5, 5.41) is 11.3. The molecule has 0 bridgehead atoms. The van der Waals surface area contributed by atoms with Crippen LogP contribution >= 0.6 is 0 Å². The molecule has 0 radical (unpaired) electrons. The van der Waals surface area contributed by atoms with E-state index in [9.17, 15) is 14.4 Å². The van der Waals surface area contributed by atoms with Crippen LogP contribution in [-0.2, 0) is 16.1 Å². The van der Waals surface area contributed by atoms with E-state index in [2.05, 4.69) is 5.32 Å². The number of hydrogen-bond acceptors (Lipinski definition) is 3. The number of nitrogens with zero attached hydrogens (tertiary/aromatic N) is 1. The predicted molar refractivity (Wildman–Crippen MR) is 71.0 cm³/mol. The van der Waals surface area contributed by atoms with Gasteiger partial charge in [0.1, 0.15) is 12.1 Å². The zero-order valence-electron chi connectivity index (χ0n) is 11.3. The van der Waals surface area contributed by atoms with Crippen molar-refractivity contribution in [1.29, 1.82) is 0 Å². The topological polar surface area (TPSA) is 86.7 Å². The van der Waals surface area contributed by atoms with Crippen LogP contribution in [0.4, 0.5) is 0 Å². The summed E-state index contributed by atoms with van der Waals surface area (Å²) in [5.74, 6) is -1.82. The Bertz CT molecular complexity index is 580. The van der Waals surface area contributed by atoms with Crippen LogP contribution < -0.4 is 5.32 Å². The average Bonchev–Trinajstić information content (AvgIpc) is 2.66. The first kappa shape index (κ1) is 14.0. The first-order valence-electron chi connectivity index (χ1n) is 6.23. The van der Waals surface area contributed by atoms with E-state index in [1.807, 2.05) is 12.1 Å². The molecule has 0 fully saturated rings. The van der Waals surface area contributed by atoms with Crippen molar-refractivity contribution < 1.29 is 19.5 Å². The molecule has 106 valence electrons. The van der Waals surface area contributed by atoms with E-state index < -0.39 is 17.4 Å². The highest BCUT2D eigenvalue weighted by atomic mass is 16.4. The third-order valence-electron chi connectivity index (χ3n) is 3.22. The minimum atomic E-state index is -1.35. The van der Waals surface area contributed by atoms with Gasteiger partial charge in [0.2, 0.25) is 5.91 Å². The summed E-state index contributed by atoms with van der Waals surface area (Å²) in [4.78, 5) is 36.3. The van der Waals surface area contributed by atoms with E-state index in [4.69, 9.17) is 5.11 Å². The Morgan fingerprint density at radius 3 is 2.60 bits per heavy atom. The molecule has 2 N–H and O–H groups in total. The number of carbonyl (C=O) groups excluding carboxylic acids is 2. The van der Waals surface area contributed by atoms with Gasteiger partial charge in [0.25, 0.3) is 5.91 Å². The zero-order chi connectivity index (χ0) is 14.9. The van der Waals surface area contributed by atoms with Crippen molar-refractivity contribution in [3.8, 4) is 0 Å². The quantitative estimate of drug-likeness (QED) is 0.844. The first-order chi connectivity index (χ1) is 9.31. The average molecular weight is 276 g/mol. The van der Waals surface area contributed by atoms with Gasteiger partial charge in [0.15, 0.2) is 0 Å². The van der Waals surface area contributed by atoms with Crippen LogP contribution in [-0.4, -0.2) is 39.9 Å². The van der Waals surface area contributed by atoms with Crippen molar-refractivity contribution >= 4 is 17.8 Å². The molecular weight excluding hydrogens is 260 g/mol. The second-order valence-electron chi connectivity index (χ2n) is 5.30. The van der Waals surface area contributed by atoms with Crippen LogP contribution in [0, 0.1) is 0 Å². The third kappa shape index (κ3) is 2.64. The van der Waals surface area contributed by atoms with Crippen molar-refractivity contribution in [3.05, 3.63) is 35.4 Å². The number of fused-ring (bicyclic) bond motifs is 1. The van der Waals surface area contributed by atoms with Gasteiger partial charge in [0, 0.05) is 12.1 Å². The number of benzene rings is 1. The fourth-order valence-corrected chi connectivity index (χ4v) is 2.06. The standard InChI is InChI=1S/C14H16N2O4/c1-14(2,13(19)20)15-11(17)8-16-7-9-5-3-4-6-10(9)12(16)18/h3-6H,7-8H2,1-2H3,(H,15,17)(H,19,20). The molecule has 1 aromatic rings. The van der Waals surface area contributed by atoms with Crippen LogP contribution in [0.5, 0.6) is 0 Å². The van der Waals surface area contributed by atoms with Gasteiger partial charge in [-0.3, -0.25) is 9.59 Å². The normalized spacial score (nSPS) is 14.1. The number of carboxylic acids is 1. The smallest absolute Gasteiger partial charge is 0.328 e. The molecule has 1 aliphatic heterocycles. The van der Waals surface area contributed by atoms with Crippen LogP contribution in [0.1, 0.15) is 29.8 Å². The van der Waals surface area contributed by atoms with Gasteiger partial charge < -0.3 is 15.3 Å². The molecule has 1 aliphatic rings. The Labute approximate surface area is 116 Å². The molecule has 1 aromatic carbocycles. The maximum absolute atomic E-state index is 12.1. The van der Waals surface area contributed by atoms with E-state index in [1.54, 1.807) is 12.1 Å². The number of hydrogen-bond donors (Lipinski definition) is 2. The summed E-state index contributed by atoms with van der Waals surface area (Å²) in [6, 6.07) is 7.17. The van der Waals surface area contributed by atoms with Crippen LogP contribution in [0.2, 0.25) is 0 Å². The first-order valence-corrected chi connectivity index (χ1v) is 6.23. The number of aliphatic carboxylic acids is 1. The maximum Gasteiger partial charge on any atom is 0.328 e. The minimum absolute atomic E-state index is 0.149. The lowest BCUT2D eigenvalue weighted by molar-refractivity contribution is -0.146.